The van der Waals surface area contributed by atoms with Gasteiger partial charge < -0.3 is 15.4 Å². The van der Waals surface area contributed by atoms with E-state index in [1.807, 2.05) is 43.3 Å². The van der Waals surface area contributed by atoms with E-state index in [4.69, 9.17) is 10.5 Å². The van der Waals surface area contributed by atoms with Crippen LogP contribution in [-0.2, 0) is 0 Å². The standard InChI is InChI=1S/C21H21N9O3/c1-29(2)15-9-7-13(8-10-15)12-23-25-21(31)17-18(14-5-4-6-16(11-14)32-3)30(28-24-17)20-19(22)26-33-27-20/h4-12H,1-3H3,(H2,22,26)(H,25,31)/b23-12+. The Morgan fingerprint density at radius 1 is 1.21 bits per heavy atom. The molecule has 4 rings (SSSR count). The van der Waals surface area contributed by atoms with E-state index in [-0.39, 0.29) is 17.3 Å². The number of ether oxygens (including phenoxy) is 1. The zero-order valence-electron chi connectivity index (χ0n) is 18.1. The maximum absolute atomic E-state index is 12.9. The van der Waals surface area contributed by atoms with Gasteiger partial charge in [0.2, 0.25) is 11.6 Å². The summed E-state index contributed by atoms with van der Waals surface area (Å²) < 4.78 is 11.3. The van der Waals surface area contributed by atoms with E-state index in [0.29, 0.717) is 17.0 Å². The summed E-state index contributed by atoms with van der Waals surface area (Å²) in [7, 11) is 5.46. The molecule has 0 saturated heterocycles. The van der Waals surface area contributed by atoms with Crippen LogP contribution in [0, 0.1) is 0 Å². The van der Waals surface area contributed by atoms with E-state index in [0.717, 1.165) is 11.3 Å². The number of carbonyl (C=O) groups excluding carboxylic acids is 1. The minimum absolute atomic E-state index is 0.00445. The molecule has 0 spiro atoms. The van der Waals surface area contributed by atoms with Crippen molar-refractivity contribution in [3.63, 3.8) is 0 Å². The Kier molecular flexibility index (Phi) is 5.98. The third kappa shape index (κ3) is 4.49. The molecule has 2 aromatic heterocycles. The van der Waals surface area contributed by atoms with Crippen LogP contribution in [0.3, 0.4) is 0 Å². The average Bonchev–Trinajstić information content (AvgIpc) is 3.45. The third-order valence-electron chi connectivity index (χ3n) is 4.71. The Morgan fingerprint density at radius 2 is 2.00 bits per heavy atom. The van der Waals surface area contributed by atoms with Crippen LogP contribution in [0.2, 0.25) is 0 Å². The van der Waals surface area contributed by atoms with Crippen molar-refractivity contribution < 1.29 is 14.2 Å². The lowest BCUT2D eigenvalue weighted by molar-refractivity contribution is 0.0950. The second-order valence-corrected chi connectivity index (χ2v) is 7.09. The van der Waals surface area contributed by atoms with Crippen LogP contribution in [0.1, 0.15) is 16.1 Å². The summed E-state index contributed by atoms with van der Waals surface area (Å²) in [6.07, 6.45) is 1.53. The van der Waals surface area contributed by atoms with Gasteiger partial charge in [0, 0.05) is 25.3 Å². The normalized spacial score (nSPS) is 11.0. The number of hydrogen-bond acceptors (Lipinski definition) is 10. The van der Waals surface area contributed by atoms with Crippen LogP contribution in [0.4, 0.5) is 11.5 Å². The Balaban J connectivity index is 1.64. The number of methoxy groups -OCH3 is 1. The van der Waals surface area contributed by atoms with Crippen molar-refractivity contribution in [3.8, 4) is 22.8 Å². The third-order valence-corrected chi connectivity index (χ3v) is 4.71. The van der Waals surface area contributed by atoms with Gasteiger partial charge in [-0.2, -0.15) is 9.78 Å². The maximum atomic E-state index is 12.9. The lowest BCUT2D eigenvalue weighted by atomic mass is 10.1. The quantitative estimate of drug-likeness (QED) is 0.319. The molecule has 0 atom stereocenters. The highest BCUT2D eigenvalue weighted by Gasteiger charge is 2.25. The van der Waals surface area contributed by atoms with E-state index in [1.54, 1.807) is 31.4 Å². The first kappa shape index (κ1) is 21.5. The van der Waals surface area contributed by atoms with Crippen LogP contribution in [0.15, 0.2) is 58.3 Å². The first-order valence-corrected chi connectivity index (χ1v) is 9.77. The number of aromatic nitrogens is 5. The molecule has 2 heterocycles. The molecule has 4 aromatic rings. The van der Waals surface area contributed by atoms with E-state index in [9.17, 15) is 4.79 Å². The number of nitrogens with zero attached hydrogens (tertiary/aromatic N) is 7. The van der Waals surface area contributed by atoms with Crippen molar-refractivity contribution in [2.24, 2.45) is 5.10 Å². The van der Waals surface area contributed by atoms with Crippen LogP contribution in [0.25, 0.3) is 17.1 Å². The minimum Gasteiger partial charge on any atom is -0.497 e. The number of nitrogen functional groups attached to an aromatic ring is 1. The summed E-state index contributed by atoms with van der Waals surface area (Å²) in [4.78, 5) is 14.9. The van der Waals surface area contributed by atoms with Crippen molar-refractivity contribution in [3.05, 3.63) is 59.8 Å². The predicted octanol–water partition coefficient (Wildman–Crippen LogP) is 1.74. The van der Waals surface area contributed by atoms with Crippen molar-refractivity contribution in [1.82, 2.24) is 30.7 Å². The van der Waals surface area contributed by atoms with Gasteiger partial charge in [-0.25, -0.2) is 10.1 Å². The molecular weight excluding hydrogens is 426 g/mol. The number of nitrogens with two attached hydrogens (primary N) is 1. The fourth-order valence-corrected chi connectivity index (χ4v) is 3.03. The maximum Gasteiger partial charge on any atom is 0.294 e. The first-order valence-electron chi connectivity index (χ1n) is 9.77. The smallest absolute Gasteiger partial charge is 0.294 e. The van der Waals surface area contributed by atoms with Gasteiger partial charge in [0.1, 0.15) is 11.4 Å². The molecule has 12 nitrogen and oxygen atoms in total. The van der Waals surface area contributed by atoms with Gasteiger partial charge in [-0.15, -0.1) is 5.10 Å². The van der Waals surface area contributed by atoms with Crippen LogP contribution < -0.4 is 20.8 Å². The van der Waals surface area contributed by atoms with Crippen molar-refractivity contribution >= 4 is 23.6 Å². The molecule has 0 aliphatic carbocycles. The molecule has 2 aromatic carbocycles. The molecule has 0 aliphatic heterocycles. The number of anilines is 2. The number of carbonyl (C=O) groups is 1. The summed E-state index contributed by atoms with van der Waals surface area (Å²) in [5, 5.41) is 19.4. The zero-order valence-corrected chi connectivity index (χ0v) is 18.1. The summed E-state index contributed by atoms with van der Waals surface area (Å²) >= 11 is 0. The zero-order chi connectivity index (χ0) is 23.4. The molecule has 168 valence electrons. The molecule has 0 radical (unpaired) electrons. The van der Waals surface area contributed by atoms with Gasteiger partial charge >= 0.3 is 0 Å². The molecular formula is C21H21N9O3. The predicted molar refractivity (Wildman–Crippen MR) is 121 cm³/mol. The largest absolute Gasteiger partial charge is 0.497 e. The van der Waals surface area contributed by atoms with Gasteiger partial charge in [0.25, 0.3) is 5.91 Å². The van der Waals surface area contributed by atoms with Crippen LogP contribution in [-0.4, -0.2) is 58.6 Å². The summed E-state index contributed by atoms with van der Waals surface area (Å²) in [5.74, 6) is 0.103. The monoisotopic (exact) mass is 447 g/mol. The van der Waals surface area contributed by atoms with Gasteiger partial charge in [-0.1, -0.05) is 29.5 Å². The highest BCUT2D eigenvalue weighted by molar-refractivity contribution is 5.99. The fraction of sp³-hybridized carbons (Fsp3) is 0.143. The number of amides is 1. The molecule has 0 fully saturated rings. The van der Waals surface area contributed by atoms with E-state index >= 15 is 0 Å². The Bertz CT molecular complexity index is 1290. The number of nitrogens with one attached hydrogen (secondary N) is 1. The topological polar surface area (TPSA) is 150 Å². The van der Waals surface area contributed by atoms with Gasteiger partial charge in [0.15, 0.2) is 5.69 Å². The number of rotatable bonds is 7. The number of benzene rings is 2. The summed E-state index contributed by atoms with van der Waals surface area (Å²) in [5.41, 5.74) is 11.1. The van der Waals surface area contributed by atoms with Gasteiger partial charge in [-0.05, 0) is 40.1 Å². The van der Waals surface area contributed by atoms with Crippen molar-refractivity contribution in [2.45, 2.75) is 0 Å². The van der Waals surface area contributed by atoms with E-state index in [2.05, 4.69) is 35.8 Å². The van der Waals surface area contributed by atoms with E-state index in [1.165, 1.54) is 10.9 Å². The highest BCUT2D eigenvalue weighted by Crippen LogP contribution is 2.28. The Labute approximate surface area is 188 Å². The number of hydrazone groups is 1. The lowest BCUT2D eigenvalue weighted by Gasteiger charge is -2.11. The first-order chi connectivity index (χ1) is 16.0. The molecule has 0 aliphatic rings. The average molecular weight is 447 g/mol. The fourth-order valence-electron chi connectivity index (χ4n) is 3.03. The summed E-state index contributed by atoms with van der Waals surface area (Å²) in [6, 6.07) is 14.7. The molecule has 1 amide bonds. The molecule has 33 heavy (non-hydrogen) atoms. The SMILES string of the molecule is COc1cccc(-c2c(C(=O)N/N=C/c3ccc(N(C)C)cc3)nnn2-c2nonc2N)c1. The molecule has 0 bridgehead atoms. The second-order valence-electron chi connectivity index (χ2n) is 7.09. The van der Waals surface area contributed by atoms with Gasteiger partial charge in [0.05, 0.1) is 13.3 Å². The number of hydrogen-bond donors (Lipinski definition) is 2. The van der Waals surface area contributed by atoms with Crippen molar-refractivity contribution in [2.75, 3.05) is 31.8 Å². The van der Waals surface area contributed by atoms with E-state index < -0.39 is 5.91 Å². The Hall–Kier alpha value is -4.74. The molecule has 0 unspecified atom stereocenters. The van der Waals surface area contributed by atoms with Crippen LogP contribution >= 0.6 is 0 Å². The van der Waals surface area contributed by atoms with Crippen molar-refractivity contribution in [1.29, 1.82) is 0 Å². The molecule has 0 saturated carbocycles. The van der Waals surface area contributed by atoms with Crippen LogP contribution in [0.5, 0.6) is 5.75 Å². The van der Waals surface area contributed by atoms with Gasteiger partial charge in [-0.3, -0.25) is 4.79 Å². The minimum atomic E-state index is -0.574. The lowest BCUT2D eigenvalue weighted by Crippen LogP contribution is -2.19. The highest BCUT2D eigenvalue weighted by atomic mass is 16.6. The summed E-state index contributed by atoms with van der Waals surface area (Å²) in [6.45, 7) is 0. The molecule has 12 heteroatoms. The molecule has 3 N–H and O–H groups in total. The second kappa shape index (κ2) is 9.18. The Morgan fingerprint density at radius 3 is 2.67 bits per heavy atom.